The first kappa shape index (κ1) is 13.3. The minimum absolute atomic E-state index is 0.0412. The molecule has 0 aliphatic carbocycles. The number of nitrogens with zero attached hydrogens (tertiary/aromatic N) is 1. The Labute approximate surface area is 108 Å². The van der Waals surface area contributed by atoms with Crippen molar-refractivity contribution in [3.05, 3.63) is 29.6 Å². The van der Waals surface area contributed by atoms with Crippen molar-refractivity contribution in [3.63, 3.8) is 0 Å². The lowest BCUT2D eigenvalue weighted by Crippen LogP contribution is -2.31. The zero-order valence-corrected chi connectivity index (χ0v) is 11.2. The molecule has 0 bridgehead atoms. The van der Waals surface area contributed by atoms with Crippen LogP contribution in [0.3, 0.4) is 0 Å². The van der Waals surface area contributed by atoms with Crippen molar-refractivity contribution in [2.24, 2.45) is 0 Å². The van der Waals surface area contributed by atoms with E-state index in [0.29, 0.717) is 17.4 Å². The van der Waals surface area contributed by atoms with E-state index in [2.05, 4.69) is 10.2 Å². The molecular formula is C14H21FN2O. The van der Waals surface area contributed by atoms with Gasteiger partial charge >= 0.3 is 0 Å². The maximum atomic E-state index is 14.0. The second-order valence-corrected chi connectivity index (χ2v) is 4.80. The summed E-state index contributed by atoms with van der Waals surface area (Å²) in [6.07, 6.45) is 1.11. The molecule has 0 amide bonds. The molecule has 3 nitrogen and oxygen atoms in total. The summed E-state index contributed by atoms with van der Waals surface area (Å²) in [5.74, 6) is 0.449. The molecule has 18 heavy (non-hydrogen) atoms. The average Bonchev–Trinajstić information content (AvgIpc) is 2.86. The van der Waals surface area contributed by atoms with Gasteiger partial charge in [-0.3, -0.25) is 4.90 Å². The van der Waals surface area contributed by atoms with Gasteiger partial charge < -0.3 is 10.1 Å². The van der Waals surface area contributed by atoms with E-state index in [4.69, 9.17) is 4.74 Å². The van der Waals surface area contributed by atoms with Crippen LogP contribution in [0.5, 0.6) is 5.75 Å². The van der Waals surface area contributed by atoms with Gasteiger partial charge in [-0.1, -0.05) is 6.07 Å². The summed E-state index contributed by atoms with van der Waals surface area (Å²) in [6, 6.07) is 5.55. The van der Waals surface area contributed by atoms with Gasteiger partial charge in [0.25, 0.3) is 0 Å². The van der Waals surface area contributed by atoms with Crippen LogP contribution in [0.1, 0.15) is 24.9 Å². The summed E-state index contributed by atoms with van der Waals surface area (Å²) in [6.45, 7) is 3.98. The Morgan fingerprint density at radius 2 is 2.28 bits per heavy atom. The average molecular weight is 252 g/mol. The van der Waals surface area contributed by atoms with E-state index in [-0.39, 0.29) is 11.9 Å². The fraction of sp³-hybridized carbons (Fsp3) is 0.571. The molecule has 1 saturated heterocycles. The number of methoxy groups -OCH3 is 1. The number of rotatable bonds is 4. The highest BCUT2D eigenvalue weighted by atomic mass is 19.1. The van der Waals surface area contributed by atoms with Gasteiger partial charge in [0, 0.05) is 30.7 Å². The maximum Gasteiger partial charge on any atom is 0.131 e. The summed E-state index contributed by atoms with van der Waals surface area (Å²) < 4.78 is 19.3. The van der Waals surface area contributed by atoms with Crippen LogP contribution in [0.2, 0.25) is 0 Å². The van der Waals surface area contributed by atoms with E-state index >= 15 is 0 Å². The van der Waals surface area contributed by atoms with Gasteiger partial charge in [0.05, 0.1) is 7.11 Å². The fourth-order valence-electron chi connectivity index (χ4n) is 2.66. The molecule has 1 fully saturated rings. The predicted molar refractivity (Wildman–Crippen MR) is 70.4 cm³/mol. The SMILES string of the molecule is CNC1CCN(C(C)c2c(F)cccc2OC)C1. The molecule has 0 saturated carbocycles. The first-order valence-corrected chi connectivity index (χ1v) is 6.41. The summed E-state index contributed by atoms with van der Waals surface area (Å²) in [5, 5.41) is 3.28. The van der Waals surface area contributed by atoms with Crippen LogP contribution in [0.15, 0.2) is 18.2 Å². The van der Waals surface area contributed by atoms with Crippen LogP contribution in [0.25, 0.3) is 0 Å². The molecule has 0 aromatic heterocycles. The van der Waals surface area contributed by atoms with Crippen LogP contribution in [0.4, 0.5) is 4.39 Å². The monoisotopic (exact) mass is 252 g/mol. The number of halogens is 1. The van der Waals surface area contributed by atoms with Crippen LogP contribution < -0.4 is 10.1 Å². The molecule has 4 heteroatoms. The van der Waals surface area contributed by atoms with Gasteiger partial charge in [-0.25, -0.2) is 4.39 Å². The zero-order chi connectivity index (χ0) is 13.1. The Bertz CT molecular complexity index is 411. The lowest BCUT2D eigenvalue weighted by atomic mass is 10.1. The second-order valence-electron chi connectivity index (χ2n) is 4.80. The molecule has 2 atom stereocenters. The third-order valence-corrected chi connectivity index (χ3v) is 3.83. The van der Waals surface area contributed by atoms with Crippen LogP contribution in [0, 0.1) is 5.82 Å². The first-order valence-electron chi connectivity index (χ1n) is 6.41. The largest absolute Gasteiger partial charge is 0.496 e. The lowest BCUT2D eigenvalue weighted by Gasteiger charge is -2.26. The van der Waals surface area contributed by atoms with E-state index < -0.39 is 0 Å². The highest BCUT2D eigenvalue weighted by Gasteiger charge is 2.28. The molecule has 1 aromatic carbocycles. The van der Waals surface area contributed by atoms with Gasteiger partial charge in [0.15, 0.2) is 0 Å². The Morgan fingerprint density at radius 1 is 1.50 bits per heavy atom. The molecule has 2 unspecified atom stereocenters. The second kappa shape index (κ2) is 5.67. The number of nitrogens with one attached hydrogen (secondary N) is 1. The topological polar surface area (TPSA) is 24.5 Å². The molecule has 100 valence electrons. The Balaban J connectivity index is 2.21. The molecule has 1 aliphatic heterocycles. The van der Waals surface area contributed by atoms with E-state index in [9.17, 15) is 4.39 Å². The minimum atomic E-state index is -0.185. The van der Waals surface area contributed by atoms with E-state index in [1.165, 1.54) is 6.07 Å². The van der Waals surface area contributed by atoms with Gasteiger partial charge in [0.1, 0.15) is 11.6 Å². The first-order chi connectivity index (χ1) is 8.67. The standard InChI is InChI=1S/C14H21FN2O/c1-10(17-8-7-11(9-17)16-2)14-12(15)5-4-6-13(14)18-3/h4-6,10-11,16H,7-9H2,1-3H3. The van der Waals surface area contributed by atoms with Crippen molar-refractivity contribution < 1.29 is 9.13 Å². The molecule has 0 spiro atoms. The van der Waals surface area contributed by atoms with Gasteiger partial charge in [0.2, 0.25) is 0 Å². The zero-order valence-electron chi connectivity index (χ0n) is 11.2. The Morgan fingerprint density at radius 3 is 2.89 bits per heavy atom. The van der Waals surface area contributed by atoms with Crippen LogP contribution >= 0.6 is 0 Å². The van der Waals surface area contributed by atoms with Crippen molar-refractivity contribution in [1.29, 1.82) is 0 Å². The Kier molecular flexibility index (Phi) is 4.19. The van der Waals surface area contributed by atoms with Crippen molar-refractivity contribution in [3.8, 4) is 5.75 Å². The van der Waals surface area contributed by atoms with Crippen molar-refractivity contribution >= 4 is 0 Å². The molecule has 2 rings (SSSR count). The number of ether oxygens (including phenoxy) is 1. The van der Waals surface area contributed by atoms with Gasteiger partial charge in [-0.15, -0.1) is 0 Å². The number of benzene rings is 1. The van der Waals surface area contributed by atoms with Gasteiger partial charge in [-0.2, -0.15) is 0 Å². The summed E-state index contributed by atoms with van der Waals surface area (Å²) in [5.41, 5.74) is 0.664. The van der Waals surface area contributed by atoms with Gasteiger partial charge in [-0.05, 0) is 32.5 Å². The summed E-state index contributed by atoms with van der Waals surface area (Å²) >= 11 is 0. The van der Waals surface area contributed by atoms with E-state index in [0.717, 1.165) is 19.5 Å². The predicted octanol–water partition coefficient (Wildman–Crippen LogP) is 2.19. The number of hydrogen-bond donors (Lipinski definition) is 1. The number of likely N-dealkylation sites (N-methyl/N-ethyl adjacent to an activating group) is 1. The molecule has 0 radical (unpaired) electrons. The lowest BCUT2D eigenvalue weighted by molar-refractivity contribution is 0.245. The Hall–Kier alpha value is -1.13. The third kappa shape index (κ3) is 2.49. The maximum absolute atomic E-state index is 14.0. The third-order valence-electron chi connectivity index (χ3n) is 3.83. The molecule has 1 aliphatic rings. The molecular weight excluding hydrogens is 231 g/mol. The van der Waals surface area contributed by atoms with Crippen LogP contribution in [-0.2, 0) is 0 Å². The quantitative estimate of drug-likeness (QED) is 0.889. The highest BCUT2D eigenvalue weighted by Crippen LogP contribution is 2.33. The number of likely N-dealkylation sites (tertiary alicyclic amines) is 1. The number of hydrogen-bond acceptors (Lipinski definition) is 3. The van der Waals surface area contributed by atoms with E-state index in [1.54, 1.807) is 13.2 Å². The minimum Gasteiger partial charge on any atom is -0.496 e. The van der Waals surface area contributed by atoms with Crippen LogP contribution in [-0.4, -0.2) is 38.2 Å². The summed E-state index contributed by atoms with van der Waals surface area (Å²) in [7, 11) is 3.56. The van der Waals surface area contributed by atoms with Crippen molar-refractivity contribution in [2.75, 3.05) is 27.2 Å². The van der Waals surface area contributed by atoms with E-state index in [1.807, 2.05) is 20.0 Å². The molecule has 1 heterocycles. The smallest absolute Gasteiger partial charge is 0.131 e. The molecule has 1 aromatic rings. The summed E-state index contributed by atoms with van der Waals surface area (Å²) in [4.78, 5) is 2.29. The van der Waals surface area contributed by atoms with Crippen molar-refractivity contribution in [1.82, 2.24) is 10.2 Å². The highest BCUT2D eigenvalue weighted by molar-refractivity contribution is 5.37. The molecule has 1 N–H and O–H groups in total. The fourth-order valence-corrected chi connectivity index (χ4v) is 2.66. The van der Waals surface area contributed by atoms with Crippen molar-refractivity contribution in [2.45, 2.75) is 25.4 Å². The normalized spacial score (nSPS) is 22.1.